The van der Waals surface area contributed by atoms with E-state index >= 15 is 0 Å². The van der Waals surface area contributed by atoms with E-state index in [1.807, 2.05) is 42.9 Å². The first kappa shape index (κ1) is 12.5. The molecule has 0 atom stereocenters. The van der Waals surface area contributed by atoms with Crippen LogP contribution in [0.25, 0.3) is 10.9 Å². The van der Waals surface area contributed by atoms with Crippen molar-refractivity contribution >= 4 is 16.7 Å². The quantitative estimate of drug-likeness (QED) is 0.685. The van der Waals surface area contributed by atoms with Gasteiger partial charge in [-0.05, 0) is 25.1 Å². The fraction of sp³-hybridized carbons (Fsp3) is 0.188. The first-order valence-electron chi connectivity index (χ1n) is 6.33. The van der Waals surface area contributed by atoms with Gasteiger partial charge in [0.2, 0.25) is 0 Å². The van der Waals surface area contributed by atoms with Gasteiger partial charge in [0.1, 0.15) is 17.8 Å². The molecular weight excluding hydrogens is 254 g/mol. The van der Waals surface area contributed by atoms with Gasteiger partial charge in [-0.15, -0.1) is 0 Å². The Morgan fingerprint density at radius 2 is 2.15 bits per heavy atom. The molecule has 1 aromatic carbocycles. The molecule has 0 unspecified atom stereocenters. The molecule has 3 aromatic rings. The lowest BCUT2D eigenvalue weighted by Gasteiger charge is -2.03. The Labute approximate surface area is 116 Å². The van der Waals surface area contributed by atoms with Crippen LogP contribution in [0.2, 0.25) is 0 Å². The van der Waals surface area contributed by atoms with Gasteiger partial charge in [-0.3, -0.25) is 4.79 Å². The summed E-state index contributed by atoms with van der Waals surface area (Å²) in [6.07, 6.45) is 3.32. The number of carbonyl (C=O) groups excluding carboxylic acids is 1. The summed E-state index contributed by atoms with van der Waals surface area (Å²) >= 11 is 0. The summed E-state index contributed by atoms with van der Waals surface area (Å²) in [6.45, 7) is 1.82. The fourth-order valence-electron chi connectivity index (χ4n) is 2.47. The van der Waals surface area contributed by atoms with Gasteiger partial charge in [-0.25, -0.2) is 0 Å². The van der Waals surface area contributed by atoms with Gasteiger partial charge in [0.25, 0.3) is 0 Å². The molecule has 102 valence electrons. The van der Waals surface area contributed by atoms with Gasteiger partial charge >= 0.3 is 0 Å². The van der Waals surface area contributed by atoms with Crippen LogP contribution in [0.15, 0.2) is 41.1 Å². The average molecular weight is 269 g/mol. The van der Waals surface area contributed by atoms with Gasteiger partial charge in [0.05, 0.1) is 29.1 Å². The molecule has 3 rings (SSSR count). The molecule has 0 aliphatic heterocycles. The summed E-state index contributed by atoms with van der Waals surface area (Å²) in [5.74, 6) is 1.36. The van der Waals surface area contributed by atoms with E-state index in [1.165, 1.54) is 6.26 Å². The van der Waals surface area contributed by atoms with Crippen LogP contribution in [0.1, 0.15) is 21.7 Å². The monoisotopic (exact) mass is 269 g/mol. The van der Waals surface area contributed by atoms with E-state index in [-0.39, 0.29) is 5.78 Å². The summed E-state index contributed by atoms with van der Waals surface area (Å²) in [6, 6.07) is 7.49. The van der Waals surface area contributed by atoms with Gasteiger partial charge in [-0.2, -0.15) is 0 Å². The average Bonchev–Trinajstić information content (AvgIpc) is 3.02. The summed E-state index contributed by atoms with van der Waals surface area (Å²) in [5.41, 5.74) is 2.15. The first-order chi connectivity index (χ1) is 9.61. The summed E-state index contributed by atoms with van der Waals surface area (Å²) < 4.78 is 12.5. The van der Waals surface area contributed by atoms with Crippen molar-refractivity contribution < 1.29 is 13.9 Å². The lowest BCUT2D eigenvalue weighted by molar-refractivity contribution is 0.103. The lowest BCUT2D eigenvalue weighted by atomic mass is 10.0. The molecule has 0 fully saturated rings. The highest BCUT2D eigenvalue weighted by atomic mass is 16.5. The standard InChI is InChI=1S/C16H15NO3/c1-10-7-11(9-20-10)16(18)12-8-17(2)13-5-4-6-14(19-3)15(12)13/h4-9H,1-3H3. The third kappa shape index (κ3) is 1.81. The Morgan fingerprint density at radius 1 is 1.35 bits per heavy atom. The number of ether oxygens (including phenoxy) is 1. The van der Waals surface area contributed by atoms with E-state index in [0.29, 0.717) is 16.9 Å². The topological polar surface area (TPSA) is 44.4 Å². The minimum atomic E-state index is -0.0584. The molecule has 0 saturated carbocycles. The molecule has 0 radical (unpaired) electrons. The SMILES string of the molecule is COc1cccc2c1c(C(=O)c1coc(C)c1)cn2C. The Hall–Kier alpha value is -2.49. The summed E-state index contributed by atoms with van der Waals surface area (Å²) in [7, 11) is 3.52. The van der Waals surface area contributed by atoms with Gasteiger partial charge in [0.15, 0.2) is 5.78 Å². The number of rotatable bonds is 3. The molecule has 0 bridgehead atoms. The van der Waals surface area contributed by atoms with Crippen LogP contribution in [0.3, 0.4) is 0 Å². The highest BCUT2D eigenvalue weighted by molar-refractivity contribution is 6.17. The third-order valence-electron chi connectivity index (χ3n) is 3.43. The number of hydrogen-bond acceptors (Lipinski definition) is 3. The number of nitrogens with zero attached hydrogens (tertiary/aromatic N) is 1. The first-order valence-corrected chi connectivity index (χ1v) is 6.33. The number of furan rings is 1. The van der Waals surface area contributed by atoms with Gasteiger partial charge in [-0.1, -0.05) is 6.07 Å². The maximum absolute atomic E-state index is 12.6. The summed E-state index contributed by atoms with van der Waals surface area (Å²) in [5, 5.41) is 0.835. The molecule has 0 spiro atoms. The number of hydrogen-bond donors (Lipinski definition) is 0. The Balaban J connectivity index is 2.23. The van der Waals surface area contributed by atoms with Crippen molar-refractivity contribution in [2.75, 3.05) is 7.11 Å². The maximum atomic E-state index is 12.6. The Morgan fingerprint density at radius 3 is 2.80 bits per heavy atom. The molecule has 2 heterocycles. The molecule has 4 nitrogen and oxygen atoms in total. The molecule has 0 aliphatic carbocycles. The number of ketones is 1. The van der Waals surface area contributed by atoms with Crippen molar-refractivity contribution in [1.82, 2.24) is 4.57 Å². The van der Waals surface area contributed by atoms with Crippen molar-refractivity contribution in [3.05, 3.63) is 53.6 Å². The van der Waals surface area contributed by atoms with Crippen LogP contribution in [-0.2, 0) is 7.05 Å². The number of carbonyl (C=O) groups is 1. The van der Waals surface area contributed by atoms with Crippen LogP contribution < -0.4 is 4.74 Å². The normalized spacial score (nSPS) is 10.9. The zero-order chi connectivity index (χ0) is 14.3. The van der Waals surface area contributed by atoms with Crippen molar-refractivity contribution in [2.24, 2.45) is 7.05 Å². The highest BCUT2D eigenvalue weighted by Crippen LogP contribution is 2.31. The Bertz CT molecular complexity index is 795. The van der Waals surface area contributed by atoms with E-state index in [2.05, 4.69) is 0 Å². The molecule has 0 saturated heterocycles. The van der Waals surface area contributed by atoms with E-state index < -0.39 is 0 Å². The number of aromatic nitrogens is 1. The van der Waals surface area contributed by atoms with Crippen LogP contribution in [0.4, 0.5) is 0 Å². The summed E-state index contributed by atoms with van der Waals surface area (Å²) in [4.78, 5) is 12.6. The highest BCUT2D eigenvalue weighted by Gasteiger charge is 2.19. The molecule has 2 aromatic heterocycles. The Kier molecular flexibility index (Phi) is 2.86. The van der Waals surface area contributed by atoms with Crippen molar-refractivity contribution in [3.8, 4) is 5.75 Å². The molecule has 0 aliphatic rings. The number of methoxy groups -OCH3 is 1. The van der Waals surface area contributed by atoms with Crippen LogP contribution in [0.5, 0.6) is 5.75 Å². The minimum Gasteiger partial charge on any atom is -0.496 e. The maximum Gasteiger partial charge on any atom is 0.198 e. The second-order valence-electron chi connectivity index (χ2n) is 4.78. The van der Waals surface area contributed by atoms with Gasteiger partial charge < -0.3 is 13.7 Å². The van der Waals surface area contributed by atoms with Crippen LogP contribution in [0, 0.1) is 6.92 Å². The lowest BCUT2D eigenvalue weighted by Crippen LogP contribution is -1.99. The van der Waals surface area contributed by atoms with Crippen molar-refractivity contribution in [1.29, 1.82) is 0 Å². The van der Waals surface area contributed by atoms with Crippen LogP contribution >= 0.6 is 0 Å². The zero-order valence-corrected chi connectivity index (χ0v) is 11.6. The smallest absolute Gasteiger partial charge is 0.198 e. The number of fused-ring (bicyclic) bond motifs is 1. The van der Waals surface area contributed by atoms with Crippen molar-refractivity contribution in [2.45, 2.75) is 6.92 Å². The van der Waals surface area contributed by atoms with E-state index in [1.54, 1.807) is 13.2 Å². The molecule has 4 heteroatoms. The second-order valence-corrected chi connectivity index (χ2v) is 4.78. The van der Waals surface area contributed by atoms with E-state index in [0.717, 1.165) is 16.7 Å². The number of benzene rings is 1. The molecule has 20 heavy (non-hydrogen) atoms. The minimum absolute atomic E-state index is 0.0584. The zero-order valence-electron chi connectivity index (χ0n) is 11.6. The second kappa shape index (κ2) is 4.56. The number of aryl methyl sites for hydroxylation is 2. The fourth-order valence-corrected chi connectivity index (χ4v) is 2.47. The van der Waals surface area contributed by atoms with E-state index in [4.69, 9.17) is 9.15 Å². The molecular formula is C16H15NO3. The molecule has 0 N–H and O–H groups in total. The van der Waals surface area contributed by atoms with Gasteiger partial charge in [0, 0.05) is 13.2 Å². The largest absolute Gasteiger partial charge is 0.496 e. The third-order valence-corrected chi connectivity index (χ3v) is 3.43. The van der Waals surface area contributed by atoms with Crippen LogP contribution in [-0.4, -0.2) is 17.5 Å². The predicted octanol–water partition coefficient (Wildman–Crippen LogP) is 3.32. The van der Waals surface area contributed by atoms with Crippen molar-refractivity contribution in [3.63, 3.8) is 0 Å². The van der Waals surface area contributed by atoms with E-state index in [9.17, 15) is 4.79 Å². The molecule has 0 amide bonds. The predicted molar refractivity (Wildman–Crippen MR) is 76.3 cm³/mol.